The summed E-state index contributed by atoms with van der Waals surface area (Å²) in [5, 5.41) is 0.548. The molecule has 1 aromatic rings. The molecule has 0 bridgehead atoms. The van der Waals surface area contributed by atoms with Crippen molar-refractivity contribution in [3.05, 3.63) is 22.2 Å². The molecule has 1 fully saturated rings. The minimum atomic E-state index is -0.531. The van der Waals surface area contributed by atoms with E-state index in [1.54, 1.807) is 4.90 Å². The Morgan fingerprint density at radius 1 is 1.35 bits per heavy atom. The van der Waals surface area contributed by atoms with E-state index in [0.29, 0.717) is 12.4 Å². The van der Waals surface area contributed by atoms with E-state index < -0.39 is 5.60 Å². The molecule has 1 aromatic heterocycles. The van der Waals surface area contributed by atoms with Crippen molar-refractivity contribution in [2.45, 2.75) is 45.3 Å². The van der Waals surface area contributed by atoms with Gasteiger partial charge in [-0.3, -0.25) is 4.90 Å². The van der Waals surface area contributed by atoms with Gasteiger partial charge in [0.25, 0.3) is 0 Å². The molecule has 5 nitrogen and oxygen atoms in total. The van der Waals surface area contributed by atoms with Crippen molar-refractivity contribution in [3.8, 4) is 0 Å². The third-order valence-corrected chi connectivity index (χ3v) is 3.25. The molecule has 1 amide bonds. The Hall–Kier alpha value is -1.07. The third-order valence-electron chi connectivity index (χ3n) is 2.86. The number of rotatable bonds is 1. The molecule has 0 aromatic carbocycles. The molecule has 20 heavy (non-hydrogen) atoms. The summed E-state index contributed by atoms with van der Waals surface area (Å²) < 4.78 is 5.40. The summed E-state index contributed by atoms with van der Waals surface area (Å²) in [6.45, 7) is 6.13. The fraction of sp³-hybridized carbons (Fsp3) is 0.615. The van der Waals surface area contributed by atoms with Gasteiger partial charge in [0.1, 0.15) is 15.9 Å². The lowest BCUT2D eigenvalue weighted by Crippen LogP contribution is -2.36. The van der Waals surface area contributed by atoms with Crippen LogP contribution in [0.25, 0.3) is 0 Å². The molecule has 2 heterocycles. The number of hydrogen-bond acceptors (Lipinski definition) is 4. The van der Waals surface area contributed by atoms with E-state index >= 15 is 0 Å². The fourth-order valence-corrected chi connectivity index (χ4v) is 2.57. The standard InChI is InChI=1S/C13H17Cl2N3O2/c1-13(2,3)20-12(19)18-6-4-5-8(18)11-16-9(14)7-10(15)17-11/h7-8H,4-6H2,1-3H3. The Morgan fingerprint density at radius 3 is 2.50 bits per heavy atom. The lowest BCUT2D eigenvalue weighted by atomic mass is 10.2. The van der Waals surface area contributed by atoms with Crippen LogP contribution in [0.5, 0.6) is 0 Å². The fourth-order valence-electron chi connectivity index (χ4n) is 2.13. The van der Waals surface area contributed by atoms with Crippen LogP contribution < -0.4 is 0 Å². The second-order valence-corrected chi connectivity index (χ2v) is 6.48. The lowest BCUT2D eigenvalue weighted by Gasteiger charge is -2.28. The largest absolute Gasteiger partial charge is 0.444 e. The van der Waals surface area contributed by atoms with E-state index in [1.807, 2.05) is 20.8 Å². The molecular formula is C13H17Cl2N3O2. The number of carbonyl (C=O) groups is 1. The molecule has 110 valence electrons. The normalized spacial score (nSPS) is 19.2. The summed E-state index contributed by atoms with van der Waals surface area (Å²) in [4.78, 5) is 22.2. The SMILES string of the molecule is CC(C)(C)OC(=O)N1CCCC1c1nc(Cl)cc(Cl)n1. The van der Waals surface area contributed by atoms with Gasteiger partial charge < -0.3 is 4.74 Å². The number of amides is 1. The highest BCUT2D eigenvalue weighted by Crippen LogP contribution is 2.32. The number of nitrogens with zero attached hydrogens (tertiary/aromatic N) is 3. The number of ether oxygens (including phenoxy) is 1. The van der Waals surface area contributed by atoms with Crippen LogP contribution in [-0.4, -0.2) is 33.1 Å². The van der Waals surface area contributed by atoms with E-state index in [2.05, 4.69) is 9.97 Å². The summed E-state index contributed by atoms with van der Waals surface area (Å²) in [7, 11) is 0. The molecule has 1 saturated heterocycles. The first-order chi connectivity index (χ1) is 9.26. The first kappa shape index (κ1) is 15.3. The van der Waals surface area contributed by atoms with Crippen molar-refractivity contribution < 1.29 is 9.53 Å². The van der Waals surface area contributed by atoms with Crippen molar-refractivity contribution in [3.63, 3.8) is 0 Å². The van der Waals surface area contributed by atoms with E-state index in [-0.39, 0.29) is 22.4 Å². The summed E-state index contributed by atoms with van der Waals surface area (Å²) in [5.41, 5.74) is -0.531. The third kappa shape index (κ3) is 3.73. The van der Waals surface area contributed by atoms with Gasteiger partial charge in [-0.2, -0.15) is 0 Å². The van der Waals surface area contributed by atoms with Gasteiger partial charge in [0.05, 0.1) is 6.04 Å². The summed E-state index contributed by atoms with van der Waals surface area (Å²) in [6, 6.07) is 1.24. The number of halogens is 2. The van der Waals surface area contributed by atoms with E-state index in [0.717, 1.165) is 12.8 Å². The maximum atomic E-state index is 12.2. The maximum absolute atomic E-state index is 12.2. The first-order valence-electron chi connectivity index (χ1n) is 6.46. The topological polar surface area (TPSA) is 55.3 Å². The highest BCUT2D eigenvalue weighted by molar-refractivity contribution is 6.33. The zero-order valence-electron chi connectivity index (χ0n) is 11.7. The highest BCUT2D eigenvalue weighted by Gasteiger charge is 2.35. The Bertz CT molecular complexity index is 497. The smallest absolute Gasteiger partial charge is 0.410 e. The van der Waals surface area contributed by atoms with Crippen molar-refractivity contribution in [2.75, 3.05) is 6.54 Å². The van der Waals surface area contributed by atoms with Crippen molar-refractivity contribution in [1.29, 1.82) is 0 Å². The zero-order valence-corrected chi connectivity index (χ0v) is 13.2. The molecule has 1 aliphatic rings. The Balaban J connectivity index is 2.20. The second-order valence-electron chi connectivity index (χ2n) is 5.70. The number of aromatic nitrogens is 2. The van der Waals surface area contributed by atoms with Crippen molar-refractivity contribution in [1.82, 2.24) is 14.9 Å². The van der Waals surface area contributed by atoms with E-state index in [1.165, 1.54) is 6.07 Å². The van der Waals surface area contributed by atoms with Crippen LogP contribution in [0.4, 0.5) is 4.79 Å². The number of carbonyl (C=O) groups excluding carboxylic acids is 1. The molecule has 7 heteroatoms. The summed E-state index contributed by atoms with van der Waals surface area (Å²) in [5.74, 6) is 0.464. The minimum Gasteiger partial charge on any atom is -0.444 e. The average Bonchev–Trinajstić information content (AvgIpc) is 2.73. The number of hydrogen-bond donors (Lipinski definition) is 0. The van der Waals surface area contributed by atoms with Crippen LogP contribution in [0, 0.1) is 0 Å². The quantitative estimate of drug-likeness (QED) is 0.738. The van der Waals surface area contributed by atoms with Crippen LogP contribution in [0.15, 0.2) is 6.07 Å². The van der Waals surface area contributed by atoms with Gasteiger partial charge in [-0.1, -0.05) is 23.2 Å². The molecule has 0 aliphatic carbocycles. The Labute approximate surface area is 128 Å². The molecule has 0 saturated carbocycles. The van der Waals surface area contributed by atoms with E-state index in [9.17, 15) is 4.79 Å². The monoisotopic (exact) mass is 317 g/mol. The molecule has 0 radical (unpaired) electrons. The average molecular weight is 318 g/mol. The van der Waals surface area contributed by atoms with Gasteiger partial charge in [-0.25, -0.2) is 14.8 Å². The number of likely N-dealkylation sites (tertiary alicyclic amines) is 1. The Kier molecular flexibility index (Phi) is 4.39. The van der Waals surface area contributed by atoms with Crippen molar-refractivity contribution >= 4 is 29.3 Å². The highest BCUT2D eigenvalue weighted by atomic mass is 35.5. The zero-order chi connectivity index (χ0) is 14.9. The molecule has 1 unspecified atom stereocenters. The predicted molar refractivity (Wildman–Crippen MR) is 77.0 cm³/mol. The Morgan fingerprint density at radius 2 is 1.95 bits per heavy atom. The van der Waals surface area contributed by atoms with Gasteiger partial charge in [0.15, 0.2) is 5.82 Å². The van der Waals surface area contributed by atoms with Gasteiger partial charge >= 0.3 is 6.09 Å². The van der Waals surface area contributed by atoms with Crippen LogP contribution in [0.3, 0.4) is 0 Å². The van der Waals surface area contributed by atoms with Crippen LogP contribution in [0.1, 0.15) is 45.5 Å². The van der Waals surface area contributed by atoms with Crippen LogP contribution in [-0.2, 0) is 4.74 Å². The van der Waals surface area contributed by atoms with Gasteiger partial charge in [-0.15, -0.1) is 0 Å². The second kappa shape index (κ2) is 5.74. The summed E-state index contributed by atoms with van der Waals surface area (Å²) in [6.07, 6.45) is 1.28. The van der Waals surface area contributed by atoms with Gasteiger partial charge in [0, 0.05) is 12.6 Å². The molecule has 0 N–H and O–H groups in total. The predicted octanol–water partition coefficient (Wildman–Crippen LogP) is 3.86. The molecule has 1 aliphatic heterocycles. The maximum Gasteiger partial charge on any atom is 0.410 e. The summed E-state index contributed by atoms with van der Waals surface area (Å²) >= 11 is 11.8. The minimum absolute atomic E-state index is 0.235. The molecule has 1 atom stereocenters. The van der Waals surface area contributed by atoms with Gasteiger partial charge in [0.2, 0.25) is 0 Å². The van der Waals surface area contributed by atoms with Crippen LogP contribution >= 0.6 is 23.2 Å². The van der Waals surface area contributed by atoms with E-state index in [4.69, 9.17) is 27.9 Å². The van der Waals surface area contributed by atoms with Crippen LogP contribution in [0.2, 0.25) is 10.3 Å². The lowest BCUT2D eigenvalue weighted by molar-refractivity contribution is 0.0218. The molecule has 2 rings (SSSR count). The van der Waals surface area contributed by atoms with Gasteiger partial charge in [-0.05, 0) is 33.6 Å². The van der Waals surface area contributed by atoms with Crippen molar-refractivity contribution in [2.24, 2.45) is 0 Å². The molecular weight excluding hydrogens is 301 g/mol. The molecule has 0 spiro atoms. The first-order valence-corrected chi connectivity index (χ1v) is 7.21.